The lowest BCUT2D eigenvalue weighted by molar-refractivity contribution is -0.136. The third kappa shape index (κ3) is 4.95. The van der Waals surface area contributed by atoms with E-state index >= 15 is 0 Å². The molecule has 0 amide bonds. The van der Waals surface area contributed by atoms with Crippen molar-refractivity contribution in [3.8, 4) is 11.8 Å². The molecule has 0 spiro atoms. The quantitative estimate of drug-likeness (QED) is 0.285. The molecule has 2 aliphatic rings. The van der Waals surface area contributed by atoms with Gasteiger partial charge in [-0.2, -0.15) is 0 Å². The molecule has 0 radical (unpaired) electrons. The second-order valence-electron chi connectivity index (χ2n) is 11.5. The van der Waals surface area contributed by atoms with Gasteiger partial charge in [0, 0.05) is 24.4 Å². The maximum atomic E-state index is 11.8. The lowest BCUT2D eigenvalue weighted by atomic mass is 9.56. The molecule has 0 saturated heterocycles. The molecule has 0 aromatic carbocycles. The molecular formula is C26H44O5Si. The molecule has 0 aromatic heterocycles. The Morgan fingerprint density at radius 1 is 1.12 bits per heavy atom. The Morgan fingerprint density at radius 3 is 2.16 bits per heavy atom. The van der Waals surface area contributed by atoms with Gasteiger partial charge in [-0.25, -0.2) is 4.79 Å². The molecule has 2 N–H and O–H groups in total. The van der Waals surface area contributed by atoms with Gasteiger partial charge in [0.1, 0.15) is 12.4 Å². The van der Waals surface area contributed by atoms with E-state index in [-0.39, 0.29) is 41.1 Å². The molecule has 1 aliphatic carbocycles. The van der Waals surface area contributed by atoms with Gasteiger partial charge in [-0.05, 0) is 41.8 Å². The fourth-order valence-electron chi connectivity index (χ4n) is 6.25. The Bertz CT molecular complexity index is 764. The minimum absolute atomic E-state index is 0.0182. The molecule has 2 rings (SSSR count). The van der Waals surface area contributed by atoms with Crippen molar-refractivity contribution in [1.82, 2.24) is 0 Å². The zero-order chi connectivity index (χ0) is 24.5. The zero-order valence-electron chi connectivity index (χ0n) is 21.5. The maximum absolute atomic E-state index is 11.8. The van der Waals surface area contributed by atoms with E-state index in [1.807, 2.05) is 0 Å². The molecular weight excluding hydrogens is 420 g/mol. The summed E-state index contributed by atoms with van der Waals surface area (Å²) in [5, 5.41) is 20.7. The Hall–Kier alpha value is -1.29. The Morgan fingerprint density at radius 2 is 1.69 bits per heavy atom. The van der Waals surface area contributed by atoms with Crippen LogP contribution in [0.15, 0.2) is 11.3 Å². The van der Waals surface area contributed by atoms with Gasteiger partial charge in [0.15, 0.2) is 8.32 Å². The molecule has 1 fully saturated rings. The summed E-state index contributed by atoms with van der Waals surface area (Å²) in [7, 11) is -2.06. The van der Waals surface area contributed by atoms with Gasteiger partial charge >= 0.3 is 5.97 Å². The topological polar surface area (TPSA) is 76.0 Å². The van der Waals surface area contributed by atoms with E-state index in [2.05, 4.69) is 74.2 Å². The molecule has 1 aliphatic heterocycles. The van der Waals surface area contributed by atoms with Gasteiger partial charge in [0.2, 0.25) is 0 Å². The number of rotatable bonds is 7. The third-order valence-corrected chi connectivity index (χ3v) is 14.3. The molecule has 1 unspecified atom stereocenters. The van der Waals surface area contributed by atoms with Crippen LogP contribution in [-0.2, 0) is 14.0 Å². The lowest BCUT2D eigenvalue weighted by Crippen LogP contribution is -2.55. The zero-order valence-corrected chi connectivity index (χ0v) is 22.5. The summed E-state index contributed by atoms with van der Waals surface area (Å²) in [6.07, 6.45) is 1.23. The van der Waals surface area contributed by atoms with Crippen LogP contribution in [0.25, 0.3) is 0 Å². The summed E-state index contributed by atoms with van der Waals surface area (Å²) < 4.78 is 11.9. The minimum Gasteiger partial charge on any atom is -0.508 e. The fraction of sp³-hybridized carbons (Fsp3) is 0.808. The first-order valence-electron chi connectivity index (χ1n) is 12.1. The summed E-state index contributed by atoms with van der Waals surface area (Å²) in [6.45, 7) is 20.6. The number of hydrogen-bond acceptors (Lipinski definition) is 5. The van der Waals surface area contributed by atoms with Gasteiger partial charge in [0.25, 0.3) is 0 Å². The highest BCUT2D eigenvalue weighted by Gasteiger charge is 2.53. The summed E-state index contributed by atoms with van der Waals surface area (Å²) in [5.41, 5.74) is 1.02. The van der Waals surface area contributed by atoms with Gasteiger partial charge in [0.05, 0.1) is 11.7 Å². The number of carbonyl (C=O) groups is 1. The highest BCUT2D eigenvalue weighted by molar-refractivity contribution is 6.77. The largest absolute Gasteiger partial charge is 0.508 e. The molecule has 32 heavy (non-hydrogen) atoms. The van der Waals surface area contributed by atoms with Crippen LogP contribution in [0.3, 0.4) is 0 Å². The molecule has 1 saturated carbocycles. The predicted molar refractivity (Wildman–Crippen MR) is 131 cm³/mol. The van der Waals surface area contributed by atoms with Crippen molar-refractivity contribution < 1.29 is 24.2 Å². The summed E-state index contributed by atoms with van der Waals surface area (Å²) in [5.74, 6) is 6.14. The van der Waals surface area contributed by atoms with Crippen molar-refractivity contribution in [2.45, 2.75) is 104 Å². The number of aliphatic hydroxyl groups excluding tert-OH is 2. The van der Waals surface area contributed by atoms with E-state index in [1.54, 1.807) is 0 Å². The molecule has 182 valence electrons. The first-order valence-corrected chi connectivity index (χ1v) is 14.2. The van der Waals surface area contributed by atoms with Crippen LogP contribution in [0, 0.1) is 28.6 Å². The van der Waals surface area contributed by atoms with Crippen molar-refractivity contribution in [3.05, 3.63) is 11.3 Å². The molecule has 5 nitrogen and oxygen atoms in total. The third-order valence-electron chi connectivity index (χ3n) is 8.24. The average Bonchev–Trinajstić information content (AvgIpc) is 2.99. The summed E-state index contributed by atoms with van der Waals surface area (Å²) in [4.78, 5) is 11.8. The van der Waals surface area contributed by atoms with Crippen molar-refractivity contribution in [2.24, 2.45) is 16.7 Å². The predicted octanol–water partition coefficient (Wildman–Crippen LogP) is 5.74. The average molecular weight is 465 g/mol. The molecule has 3 atom stereocenters. The first-order chi connectivity index (χ1) is 14.7. The molecule has 1 heterocycles. The number of hydrogen-bond donors (Lipinski definition) is 2. The van der Waals surface area contributed by atoms with Crippen LogP contribution in [0.1, 0.15) is 81.6 Å². The number of esters is 1. The van der Waals surface area contributed by atoms with E-state index < -0.39 is 20.4 Å². The lowest BCUT2D eigenvalue weighted by Gasteiger charge is -2.53. The smallest absolute Gasteiger partial charge is 0.338 e. The van der Waals surface area contributed by atoms with Gasteiger partial charge < -0.3 is 19.4 Å². The van der Waals surface area contributed by atoms with Gasteiger partial charge in [-0.3, -0.25) is 0 Å². The Kier molecular flexibility index (Phi) is 8.35. The summed E-state index contributed by atoms with van der Waals surface area (Å²) >= 11 is 0. The van der Waals surface area contributed by atoms with Crippen molar-refractivity contribution in [3.63, 3.8) is 0 Å². The SMILES string of the molecule is CC(C)[Si](OC[C@@H]1C(C)(C)C(O)CC[C@@]1(C)C#CCC1=C(O)COC1=O)(C(C)C)C(C)C. The van der Waals surface area contributed by atoms with Crippen LogP contribution in [0.2, 0.25) is 16.6 Å². The number of ether oxygens (including phenoxy) is 1. The number of carbonyl (C=O) groups excluding carboxylic acids is 1. The first kappa shape index (κ1) is 27.0. The van der Waals surface area contributed by atoms with Gasteiger partial charge in [-0.15, -0.1) is 0 Å². The van der Waals surface area contributed by atoms with Crippen molar-refractivity contribution in [1.29, 1.82) is 0 Å². The fourth-order valence-corrected chi connectivity index (χ4v) is 11.7. The molecule has 6 heteroatoms. The minimum atomic E-state index is -2.06. The van der Waals surface area contributed by atoms with E-state index in [1.165, 1.54) is 0 Å². The second-order valence-corrected chi connectivity index (χ2v) is 16.9. The van der Waals surface area contributed by atoms with Crippen LogP contribution in [0.4, 0.5) is 0 Å². The van der Waals surface area contributed by atoms with Crippen LogP contribution < -0.4 is 0 Å². The van der Waals surface area contributed by atoms with E-state index in [4.69, 9.17) is 9.16 Å². The summed E-state index contributed by atoms with van der Waals surface area (Å²) in [6, 6.07) is 0. The molecule has 0 bridgehead atoms. The standard InChI is InChI=1S/C26H44O5Si/c1-17(2)32(18(3)4,19(5)6)31-16-22-25(7,8)23(28)12-14-26(22,9)13-10-11-20-21(27)15-30-24(20)29/h17-19,22-23,27-28H,11-12,14-16H2,1-9H3/t22-,23?,26-/m1/s1. The Labute approximate surface area is 196 Å². The van der Waals surface area contributed by atoms with Crippen LogP contribution in [-0.4, -0.2) is 43.8 Å². The number of cyclic esters (lactones) is 1. The second kappa shape index (κ2) is 9.91. The normalized spacial score (nSPS) is 28.3. The van der Waals surface area contributed by atoms with Crippen LogP contribution in [0.5, 0.6) is 0 Å². The van der Waals surface area contributed by atoms with Gasteiger partial charge in [-0.1, -0.05) is 67.2 Å². The number of aliphatic hydroxyl groups is 2. The van der Waals surface area contributed by atoms with Crippen molar-refractivity contribution >= 4 is 14.3 Å². The van der Waals surface area contributed by atoms with E-state index in [9.17, 15) is 15.0 Å². The van der Waals surface area contributed by atoms with Crippen LogP contribution >= 0.6 is 0 Å². The highest BCUT2D eigenvalue weighted by atomic mass is 28.4. The van der Waals surface area contributed by atoms with Crippen molar-refractivity contribution in [2.75, 3.05) is 13.2 Å². The Balaban J connectivity index is 2.35. The highest BCUT2D eigenvalue weighted by Crippen LogP contribution is 2.52. The molecule has 0 aromatic rings. The maximum Gasteiger partial charge on any atom is 0.338 e. The monoisotopic (exact) mass is 464 g/mol. The van der Waals surface area contributed by atoms with E-state index in [0.717, 1.165) is 6.42 Å². The van der Waals surface area contributed by atoms with E-state index in [0.29, 0.717) is 29.7 Å².